The van der Waals surface area contributed by atoms with Gasteiger partial charge in [0.2, 0.25) is 5.91 Å². The molecule has 0 aliphatic heterocycles. The summed E-state index contributed by atoms with van der Waals surface area (Å²) in [6.07, 6.45) is 14.7. The Morgan fingerprint density at radius 2 is 1.96 bits per heavy atom. The van der Waals surface area contributed by atoms with Crippen molar-refractivity contribution in [2.75, 3.05) is 20.2 Å². The average molecular weight is 378 g/mol. The Morgan fingerprint density at radius 3 is 2.59 bits per heavy atom. The Balaban J connectivity index is 1.84. The van der Waals surface area contributed by atoms with E-state index in [9.17, 15) is 9.59 Å². The lowest BCUT2D eigenvalue weighted by Gasteiger charge is -2.32. The van der Waals surface area contributed by atoms with E-state index in [1.54, 1.807) is 12.5 Å². The van der Waals surface area contributed by atoms with Gasteiger partial charge in [-0.1, -0.05) is 26.2 Å². The van der Waals surface area contributed by atoms with Crippen LogP contribution in [0.4, 0.5) is 0 Å². The van der Waals surface area contributed by atoms with Crippen molar-refractivity contribution in [3.05, 3.63) is 18.7 Å². The average Bonchev–Trinajstić information content (AvgIpc) is 3.22. The molecule has 1 heterocycles. The maximum atomic E-state index is 13.1. The fraction of sp³-hybridized carbons (Fsp3) is 0.762. The van der Waals surface area contributed by atoms with E-state index in [1.165, 1.54) is 26.4 Å². The van der Waals surface area contributed by atoms with Crippen molar-refractivity contribution in [2.45, 2.75) is 71.3 Å². The molecule has 1 aliphatic rings. The van der Waals surface area contributed by atoms with Crippen LogP contribution in [-0.2, 0) is 20.9 Å². The molecule has 0 saturated heterocycles. The molecule has 152 valence electrons. The topological polar surface area (TPSA) is 64.4 Å². The highest BCUT2D eigenvalue weighted by Gasteiger charge is 2.29. The third kappa shape index (κ3) is 7.35. The molecule has 6 heteroatoms. The van der Waals surface area contributed by atoms with Crippen LogP contribution in [-0.4, -0.2) is 46.5 Å². The molecule has 1 saturated carbocycles. The fourth-order valence-corrected chi connectivity index (χ4v) is 3.97. The van der Waals surface area contributed by atoms with E-state index in [-0.39, 0.29) is 24.2 Å². The second-order valence-electron chi connectivity index (χ2n) is 7.67. The second kappa shape index (κ2) is 11.8. The molecular weight excluding hydrogens is 342 g/mol. The van der Waals surface area contributed by atoms with Crippen LogP contribution in [0, 0.1) is 11.8 Å². The first kappa shape index (κ1) is 21.5. The number of carbonyl (C=O) groups is 2. The first-order chi connectivity index (χ1) is 13.1. The predicted octanol–water partition coefficient (Wildman–Crippen LogP) is 3.66. The van der Waals surface area contributed by atoms with Gasteiger partial charge in [-0.05, 0) is 38.0 Å². The van der Waals surface area contributed by atoms with Gasteiger partial charge in [-0.2, -0.15) is 0 Å². The zero-order valence-corrected chi connectivity index (χ0v) is 16.9. The largest absolute Gasteiger partial charge is 0.469 e. The number of aromatic nitrogens is 2. The van der Waals surface area contributed by atoms with Gasteiger partial charge < -0.3 is 14.2 Å². The zero-order valence-electron chi connectivity index (χ0n) is 16.9. The molecule has 0 spiro atoms. The minimum absolute atomic E-state index is 0.119. The van der Waals surface area contributed by atoms with Gasteiger partial charge in [0.05, 0.1) is 19.9 Å². The van der Waals surface area contributed by atoms with Gasteiger partial charge in [0.25, 0.3) is 0 Å². The van der Waals surface area contributed by atoms with E-state index in [2.05, 4.69) is 11.9 Å². The van der Waals surface area contributed by atoms with Crippen molar-refractivity contribution in [3.63, 3.8) is 0 Å². The Labute approximate surface area is 163 Å². The number of ether oxygens (including phenoxy) is 1. The smallest absolute Gasteiger partial charge is 0.307 e. The van der Waals surface area contributed by atoms with Crippen molar-refractivity contribution in [2.24, 2.45) is 11.8 Å². The lowest BCUT2D eigenvalue weighted by atomic mass is 9.79. The summed E-state index contributed by atoms with van der Waals surface area (Å²) in [5.41, 5.74) is 0. The molecule has 0 aromatic carbocycles. The minimum Gasteiger partial charge on any atom is -0.469 e. The summed E-state index contributed by atoms with van der Waals surface area (Å²) in [6, 6.07) is 0. The van der Waals surface area contributed by atoms with Gasteiger partial charge in [0.15, 0.2) is 0 Å². The van der Waals surface area contributed by atoms with Gasteiger partial charge in [-0.25, -0.2) is 4.98 Å². The van der Waals surface area contributed by atoms with E-state index in [4.69, 9.17) is 4.74 Å². The number of aryl methyl sites for hydroxylation is 1. The number of esters is 1. The molecule has 1 aromatic heterocycles. The molecular formula is C21H35N3O3. The molecule has 1 fully saturated rings. The third-order valence-electron chi connectivity index (χ3n) is 5.69. The first-order valence-electron chi connectivity index (χ1n) is 10.4. The van der Waals surface area contributed by atoms with Gasteiger partial charge in [0.1, 0.15) is 0 Å². The number of imidazole rings is 1. The van der Waals surface area contributed by atoms with Crippen LogP contribution in [0.5, 0.6) is 0 Å². The van der Waals surface area contributed by atoms with Crippen LogP contribution in [0.1, 0.15) is 64.7 Å². The lowest BCUT2D eigenvalue weighted by Crippen LogP contribution is -2.40. The summed E-state index contributed by atoms with van der Waals surface area (Å²) < 4.78 is 6.77. The van der Waals surface area contributed by atoms with E-state index in [1.807, 2.05) is 15.7 Å². The standard InChI is InChI=1S/C21H35N3O3/c1-3-4-6-18-7-9-19(10-8-18)21(26)24(15-11-20(25)27-2)14-5-13-23-16-12-22-17-23/h12,16-19H,3-11,13-15H2,1-2H3. The van der Waals surface area contributed by atoms with Crippen LogP contribution in [0.25, 0.3) is 0 Å². The number of carbonyl (C=O) groups excluding carboxylic acids is 2. The number of nitrogens with zero attached hydrogens (tertiary/aromatic N) is 3. The van der Waals surface area contributed by atoms with Crippen molar-refractivity contribution in [3.8, 4) is 0 Å². The number of hydrogen-bond acceptors (Lipinski definition) is 4. The van der Waals surface area contributed by atoms with Crippen molar-refractivity contribution in [1.82, 2.24) is 14.5 Å². The minimum atomic E-state index is -0.259. The molecule has 0 bridgehead atoms. The maximum absolute atomic E-state index is 13.1. The Morgan fingerprint density at radius 1 is 1.19 bits per heavy atom. The van der Waals surface area contributed by atoms with E-state index >= 15 is 0 Å². The van der Waals surface area contributed by atoms with Gasteiger partial charge in [0, 0.05) is 37.9 Å². The summed E-state index contributed by atoms with van der Waals surface area (Å²) in [5, 5.41) is 0. The van der Waals surface area contributed by atoms with Gasteiger partial charge in [-0.3, -0.25) is 9.59 Å². The number of rotatable bonds is 11. The van der Waals surface area contributed by atoms with E-state index in [0.29, 0.717) is 13.1 Å². The highest BCUT2D eigenvalue weighted by Crippen LogP contribution is 2.33. The first-order valence-corrected chi connectivity index (χ1v) is 10.4. The zero-order chi connectivity index (χ0) is 19.5. The molecule has 6 nitrogen and oxygen atoms in total. The monoisotopic (exact) mass is 377 g/mol. The van der Waals surface area contributed by atoms with Crippen LogP contribution in [0.2, 0.25) is 0 Å². The van der Waals surface area contributed by atoms with Crippen molar-refractivity contribution >= 4 is 11.9 Å². The van der Waals surface area contributed by atoms with E-state index in [0.717, 1.165) is 44.6 Å². The Hall–Kier alpha value is -1.85. The molecule has 27 heavy (non-hydrogen) atoms. The van der Waals surface area contributed by atoms with Crippen molar-refractivity contribution in [1.29, 1.82) is 0 Å². The molecule has 1 amide bonds. The number of hydrogen-bond donors (Lipinski definition) is 0. The fourth-order valence-electron chi connectivity index (χ4n) is 3.97. The van der Waals surface area contributed by atoms with Crippen LogP contribution in [0.3, 0.4) is 0 Å². The second-order valence-corrected chi connectivity index (χ2v) is 7.67. The molecule has 0 unspecified atom stereocenters. The highest BCUT2D eigenvalue weighted by molar-refractivity contribution is 5.79. The maximum Gasteiger partial charge on any atom is 0.307 e. The van der Waals surface area contributed by atoms with Gasteiger partial charge >= 0.3 is 5.97 Å². The number of amides is 1. The summed E-state index contributed by atoms with van der Waals surface area (Å²) in [7, 11) is 1.39. The van der Waals surface area contributed by atoms with E-state index < -0.39 is 0 Å². The SMILES string of the molecule is CCCCC1CCC(C(=O)N(CCCn2ccnc2)CCC(=O)OC)CC1. The molecule has 1 aromatic rings. The Kier molecular flexibility index (Phi) is 9.36. The molecule has 0 N–H and O–H groups in total. The number of unbranched alkanes of at least 4 members (excludes halogenated alkanes) is 1. The highest BCUT2D eigenvalue weighted by atomic mass is 16.5. The quantitative estimate of drug-likeness (QED) is 0.552. The molecule has 1 aliphatic carbocycles. The summed E-state index contributed by atoms with van der Waals surface area (Å²) >= 11 is 0. The van der Waals surface area contributed by atoms with Crippen LogP contribution >= 0.6 is 0 Å². The lowest BCUT2D eigenvalue weighted by molar-refractivity contribution is -0.142. The van der Waals surface area contributed by atoms with Crippen molar-refractivity contribution < 1.29 is 14.3 Å². The van der Waals surface area contributed by atoms with Gasteiger partial charge in [-0.15, -0.1) is 0 Å². The number of methoxy groups -OCH3 is 1. The molecule has 0 atom stereocenters. The summed E-state index contributed by atoms with van der Waals surface area (Å²) in [5.74, 6) is 0.872. The van der Waals surface area contributed by atoms with Crippen LogP contribution < -0.4 is 0 Å². The van der Waals surface area contributed by atoms with Crippen LogP contribution in [0.15, 0.2) is 18.7 Å². The summed E-state index contributed by atoms with van der Waals surface area (Å²) in [4.78, 5) is 30.5. The molecule has 2 rings (SSSR count). The third-order valence-corrected chi connectivity index (χ3v) is 5.69. The summed E-state index contributed by atoms with van der Waals surface area (Å²) in [6.45, 7) is 4.18. The normalized spacial score (nSPS) is 19.6. The molecule has 0 radical (unpaired) electrons. The predicted molar refractivity (Wildman–Crippen MR) is 105 cm³/mol. The Bertz CT molecular complexity index is 551.